The van der Waals surface area contributed by atoms with Crippen LogP contribution in [0.4, 0.5) is 0 Å². The molecule has 2 atom stereocenters. The van der Waals surface area contributed by atoms with Crippen molar-refractivity contribution in [1.29, 1.82) is 0 Å². The quantitative estimate of drug-likeness (QED) is 0.868. The van der Waals surface area contributed by atoms with E-state index in [2.05, 4.69) is 25.9 Å². The Morgan fingerprint density at radius 1 is 1.25 bits per heavy atom. The van der Waals surface area contributed by atoms with Crippen LogP contribution in [-0.2, 0) is 5.41 Å². The van der Waals surface area contributed by atoms with Crippen LogP contribution >= 0.6 is 23.5 Å². The first-order valence-corrected chi connectivity index (χ1v) is 9.57. The van der Waals surface area contributed by atoms with E-state index in [0.717, 1.165) is 31.0 Å². The van der Waals surface area contributed by atoms with Crippen LogP contribution in [0.15, 0.2) is 4.52 Å². The third-order valence-electron chi connectivity index (χ3n) is 4.35. The minimum Gasteiger partial charge on any atom is -0.339 e. The van der Waals surface area contributed by atoms with E-state index < -0.39 is 0 Å². The minimum atomic E-state index is -0.153. The summed E-state index contributed by atoms with van der Waals surface area (Å²) in [5.74, 6) is 3.98. The van der Waals surface area contributed by atoms with Crippen molar-refractivity contribution in [2.75, 3.05) is 18.1 Å². The summed E-state index contributed by atoms with van der Waals surface area (Å²) in [7, 11) is 0. The number of aromatic nitrogens is 2. The summed E-state index contributed by atoms with van der Waals surface area (Å²) in [5, 5.41) is 5.23. The van der Waals surface area contributed by atoms with E-state index in [0.29, 0.717) is 17.0 Å². The number of nitrogens with zero attached hydrogens (tertiary/aromatic N) is 2. The van der Waals surface area contributed by atoms with Gasteiger partial charge in [-0.05, 0) is 19.3 Å². The zero-order valence-corrected chi connectivity index (χ0v) is 14.2. The maximum atomic E-state index is 5.96. The topological polar surface area (TPSA) is 64.9 Å². The molecule has 2 unspecified atom stereocenters. The summed E-state index contributed by atoms with van der Waals surface area (Å²) >= 11 is 3.99. The molecule has 6 heteroatoms. The molecule has 2 N–H and O–H groups in total. The zero-order valence-electron chi connectivity index (χ0n) is 12.6. The second kappa shape index (κ2) is 7.18. The Balaban J connectivity index is 2.23. The molecule has 0 aromatic carbocycles. The van der Waals surface area contributed by atoms with E-state index in [4.69, 9.17) is 15.2 Å². The molecule has 1 aliphatic rings. The predicted octanol–water partition coefficient (Wildman–Crippen LogP) is 3.39. The lowest BCUT2D eigenvalue weighted by Gasteiger charge is -2.27. The molecule has 1 saturated heterocycles. The molecular formula is C14H25N3OS2. The maximum Gasteiger partial charge on any atom is 0.234 e. The van der Waals surface area contributed by atoms with Gasteiger partial charge in [0.2, 0.25) is 5.89 Å². The van der Waals surface area contributed by atoms with Crippen LogP contribution in [0.25, 0.3) is 0 Å². The number of thioether (sulfide) groups is 2. The van der Waals surface area contributed by atoms with Gasteiger partial charge in [0.15, 0.2) is 5.82 Å². The van der Waals surface area contributed by atoms with Gasteiger partial charge in [-0.2, -0.15) is 16.7 Å². The van der Waals surface area contributed by atoms with Gasteiger partial charge in [0, 0.05) is 23.3 Å². The molecule has 1 aliphatic heterocycles. The van der Waals surface area contributed by atoms with Gasteiger partial charge in [0.25, 0.3) is 0 Å². The fourth-order valence-corrected chi connectivity index (χ4v) is 5.62. The van der Waals surface area contributed by atoms with Gasteiger partial charge in [-0.1, -0.05) is 25.9 Å². The third-order valence-corrected chi connectivity index (χ3v) is 7.59. The highest BCUT2D eigenvalue weighted by Gasteiger charge is 2.36. The minimum absolute atomic E-state index is 0.153. The first-order valence-electron chi connectivity index (χ1n) is 7.48. The number of hydrogen-bond donors (Lipinski definition) is 1. The molecular weight excluding hydrogens is 290 g/mol. The molecule has 2 heterocycles. The van der Waals surface area contributed by atoms with Gasteiger partial charge < -0.3 is 10.3 Å². The summed E-state index contributed by atoms with van der Waals surface area (Å²) in [6, 6.07) is 0. The van der Waals surface area contributed by atoms with Gasteiger partial charge in [0.05, 0.1) is 10.7 Å². The van der Waals surface area contributed by atoms with Crippen LogP contribution < -0.4 is 5.73 Å². The monoisotopic (exact) mass is 315 g/mol. The number of nitrogens with two attached hydrogens (primary N) is 1. The molecule has 0 amide bonds. The summed E-state index contributed by atoms with van der Waals surface area (Å²) in [6.45, 7) is 7.08. The molecule has 2 rings (SSSR count). The average Bonchev–Trinajstić information content (AvgIpc) is 3.00. The van der Waals surface area contributed by atoms with E-state index in [1.54, 1.807) is 0 Å². The fraction of sp³-hybridized carbons (Fsp3) is 0.857. The maximum absolute atomic E-state index is 5.96. The molecule has 0 bridgehead atoms. The molecule has 0 radical (unpaired) electrons. The SMILES string of the molecule is CCC1SCCSC1c1noc(C(CC)(CC)CN)n1. The second-order valence-corrected chi connectivity index (χ2v) is 7.85. The molecule has 4 nitrogen and oxygen atoms in total. The van der Waals surface area contributed by atoms with Crippen molar-refractivity contribution < 1.29 is 4.52 Å². The summed E-state index contributed by atoms with van der Waals surface area (Å²) in [4.78, 5) is 4.73. The average molecular weight is 316 g/mol. The van der Waals surface area contributed by atoms with Crippen molar-refractivity contribution in [1.82, 2.24) is 10.1 Å². The van der Waals surface area contributed by atoms with Crippen LogP contribution in [0.2, 0.25) is 0 Å². The van der Waals surface area contributed by atoms with Crippen molar-refractivity contribution in [2.24, 2.45) is 5.73 Å². The molecule has 0 saturated carbocycles. The molecule has 1 aromatic rings. The fourth-order valence-electron chi connectivity index (χ4n) is 2.64. The Labute approximate surface area is 130 Å². The molecule has 114 valence electrons. The Morgan fingerprint density at radius 3 is 2.55 bits per heavy atom. The number of hydrogen-bond acceptors (Lipinski definition) is 6. The second-order valence-electron chi connectivity index (χ2n) is 5.26. The van der Waals surface area contributed by atoms with Gasteiger partial charge in [-0.3, -0.25) is 0 Å². The van der Waals surface area contributed by atoms with Crippen molar-refractivity contribution >= 4 is 23.5 Å². The van der Waals surface area contributed by atoms with Crippen LogP contribution in [0.1, 0.15) is 57.0 Å². The summed E-state index contributed by atoms with van der Waals surface area (Å²) in [6.07, 6.45) is 3.02. The highest BCUT2D eigenvalue weighted by molar-refractivity contribution is 8.06. The first-order chi connectivity index (χ1) is 9.70. The normalized spacial score (nSPS) is 24.0. The smallest absolute Gasteiger partial charge is 0.234 e. The molecule has 0 aliphatic carbocycles. The van der Waals surface area contributed by atoms with Crippen LogP contribution in [-0.4, -0.2) is 33.4 Å². The zero-order chi connectivity index (χ0) is 14.6. The van der Waals surface area contributed by atoms with E-state index in [1.807, 2.05) is 23.5 Å². The van der Waals surface area contributed by atoms with Crippen molar-refractivity contribution in [3.63, 3.8) is 0 Å². The van der Waals surface area contributed by atoms with Gasteiger partial charge in [-0.15, -0.1) is 11.8 Å². The standard InChI is InChI=1S/C14H25N3OS2/c1-4-10-11(20-8-7-19-10)12-16-13(18-17-12)14(5-2,6-3)9-15/h10-11H,4-9,15H2,1-3H3. The van der Waals surface area contributed by atoms with E-state index in [9.17, 15) is 0 Å². The van der Waals surface area contributed by atoms with Crippen molar-refractivity contribution in [3.8, 4) is 0 Å². The summed E-state index contributed by atoms with van der Waals surface area (Å²) in [5.41, 5.74) is 5.81. The lowest BCUT2D eigenvalue weighted by Crippen LogP contribution is -2.34. The lowest BCUT2D eigenvalue weighted by atomic mass is 9.82. The first kappa shape index (κ1) is 16.2. The Bertz CT molecular complexity index is 412. The highest BCUT2D eigenvalue weighted by atomic mass is 32.2. The van der Waals surface area contributed by atoms with Crippen LogP contribution in [0.5, 0.6) is 0 Å². The molecule has 20 heavy (non-hydrogen) atoms. The highest BCUT2D eigenvalue weighted by Crippen LogP contribution is 2.43. The third kappa shape index (κ3) is 3.02. The Kier molecular flexibility index (Phi) is 5.81. The summed E-state index contributed by atoms with van der Waals surface area (Å²) < 4.78 is 5.59. The largest absolute Gasteiger partial charge is 0.339 e. The molecule has 1 fully saturated rings. The van der Waals surface area contributed by atoms with E-state index in [1.165, 1.54) is 11.5 Å². The van der Waals surface area contributed by atoms with Crippen molar-refractivity contribution in [3.05, 3.63) is 11.7 Å². The Morgan fingerprint density at radius 2 is 1.95 bits per heavy atom. The van der Waals surface area contributed by atoms with E-state index >= 15 is 0 Å². The van der Waals surface area contributed by atoms with Gasteiger partial charge >= 0.3 is 0 Å². The molecule has 0 spiro atoms. The van der Waals surface area contributed by atoms with Crippen LogP contribution in [0.3, 0.4) is 0 Å². The van der Waals surface area contributed by atoms with Crippen LogP contribution in [0, 0.1) is 0 Å². The van der Waals surface area contributed by atoms with Crippen molar-refractivity contribution in [2.45, 2.75) is 55.9 Å². The van der Waals surface area contributed by atoms with Gasteiger partial charge in [-0.25, -0.2) is 0 Å². The van der Waals surface area contributed by atoms with E-state index in [-0.39, 0.29) is 5.41 Å². The molecule has 1 aromatic heterocycles. The number of rotatable bonds is 6. The lowest BCUT2D eigenvalue weighted by molar-refractivity contribution is 0.266. The van der Waals surface area contributed by atoms with Gasteiger partial charge in [0.1, 0.15) is 0 Å². The Hall–Kier alpha value is -0.200. The predicted molar refractivity (Wildman–Crippen MR) is 87.3 cm³/mol.